The minimum Gasteiger partial charge on any atom is -0.486 e. The number of halogens is 3. The molecule has 194 valence electrons. The molecular formula is C24H28Cl2FN5O3S. The number of likely N-dealkylation sites (tertiary alicyclic amines) is 1. The van der Waals surface area contributed by atoms with E-state index in [-0.39, 0.29) is 42.2 Å². The zero-order chi connectivity index (χ0) is 23.1. The number of piperidine rings is 1. The Morgan fingerprint density at radius 3 is 2.67 bits per heavy atom. The van der Waals surface area contributed by atoms with E-state index in [1.165, 1.54) is 18.0 Å². The summed E-state index contributed by atoms with van der Waals surface area (Å²) in [6, 6.07) is 5.60. The second kappa shape index (κ2) is 11.5. The van der Waals surface area contributed by atoms with Crippen molar-refractivity contribution >= 4 is 47.6 Å². The summed E-state index contributed by atoms with van der Waals surface area (Å²) in [5.74, 6) is 1.80. The van der Waals surface area contributed by atoms with E-state index >= 15 is 0 Å². The normalized spacial score (nSPS) is 19.4. The first-order valence-electron chi connectivity index (χ1n) is 11.7. The summed E-state index contributed by atoms with van der Waals surface area (Å²) in [6.45, 7) is 4.50. The summed E-state index contributed by atoms with van der Waals surface area (Å²) in [4.78, 5) is 24.3. The molecule has 0 saturated carbocycles. The molecule has 3 aromatic rings. The minimum atomic E-state index is -0.352. The zero-order valence-corrected chi connectivity index (χ0v) is 22.0. The molecule has 3 aliphatic rings. The number of rotatable bonds is 5. The second-order valence-electron chi connectivity index (χ2n) is 8.95. The van der Waals surface area contributed by atoms with Crippen LogP contribution in [0.4, 0.5) is 4.39 Å². The van der Waals surface area contributed by atoms with E-state index in [1.807, 2.05) is 6.07 Å². The summed E-state index contributed by atoms with van der Waals surface area (Å²) < 4.78 is 27.3. The number of hydrogen-bond donors (Lipinski definition) is 1. The lowest BCUT2D eigenvalue weighted by Crippen LogP contribution is -2.45. The van der Waals surface area contributed by atoms with Crippen molar-refractivity contribution in [1.29, 1.82) is 0 Å². The largest absolute Gasteiger partial charge is 0.486 e. The fourth-order valence-corrected chi connectivity index (χ4v) is 6.16. The maximum absolute atomic E-state index is 14.3. The van der Waals surface area contributed by atoms with Crippen LogP contribution in [0.3, 0.4) is 0 Å². The third-order valence-corrected chi connectivity index (χ3v) is 7.98. The second-order valence-corrected chi connectivity index (χ2v) is 9.98. The Labute approximate surface area is 224 Å². The van der Waals surface area contributed by atoms with Crippen molar-refractivity contribution in [3.05, 3.63) is 52.5 Å². The van der Waals surface area contributed by atoms with Crippen LogP contribution < -0.4 is 20.3 Å². The lowest BCUT2D eigenvalue weighted by Gasteiger charge is -2.36. The van der Waals surface area contributed by atoms with Gasteiger partial charge in [-0.3, -0.25) is 14.8 Å². The Bertz CT molecular complexity index is 1290. The van der Waals surface area contributed by atoms with Crippen LogP contribution in [0.25, 0.3) is 11.0 Å². The van der Waals surface area contributed by atoms with E-state index < -0.39 is 0 Å². The van der Waals surface area contributed by atoms with Gasteiger partial charge >= 0.3 is 0 Å². The molecule has 0 amide bonds. The highest BCUT2D eigenvalue weighted by Gasteiger charge is 2.29. The van der Waals surface area contributed by atoms with Gasteiger partial charge in [0.15, 0.2) is 17.3 Å². The number of thioether (sulfide) groups is 1. The number of aromatic nitrogens is 3. The van der Waals surface area contributed by atoms with E-state index in [9.17, 15) is 9.18 Å². The third kappa shape index (κ3) is 5.28. The van der Waals surface area contributed by atoms with E-state index in [2.05, 4.69) is 20.2 Å². The van der Waals surface area contributed by atoms with Crippen molar-refractivity contribution in [1.82, 2.24) is 24.8 Å². The van der Waals surface area contributed by atoms with Crippen LogP contribution in [0.1, 0.15) is 24.6 Å². The fraction of sp³-hybridized carbons (Fsp3) is 0.458. The quantitative estimate of drug-likeness (QED) is 0.512. The van der Waals surface area contributed by atoms with Gasteiger partial charge in [-0.1, -0.05) is 0 Å². The fourth-order valence-electron chi connectivity index (χ4n) is 5.01. The average molecular weight is 556 g/mol. The Morgan fingerprint density at radius 1 is 1.08 bits per heavy atom. The lowest BCUT2D eigenvalue weighted by atomic mass is 10.0. The van der Waals surface area contributed by atoms with Crippen molar-refractivity contribution in [3.63, 3.8) is 0 Å². The molecule has 0 unspecified atom stereocenters. The van der Waals surface area contributed by atoms with Gasteiger partial charge in [0.1, 0.15) is 13.2 Å². The predicted octanol–water partition coefficient (Wildman–Crippen LogP) is 3.45. The van der Waals surface area contributed by atoms with Gasteiger partial charge in [-0.05, 0) is 32.0 Å². The van der Waals surface area contributed by atoms with Crippen molar-refractivity contribution in [2.75, 3.05) is 38.6 Å². The molecule has 12 heteroatoms. The molecular weight excluding hydrogens is 528 g/mol. The molecule has 0 bridgehead atoms. The number of ether oxygens (including phenoxy) is 2. The molecule has 1 saturated heterocycles. The Morgan fingerprint density at radius 2 is 1.86 bits per heavy atom. The molecule has 3 aromatic heterocycles. The van der Waals surface area contributed by atoms with Gasteiger partial charge in [0.2, 0.25) is 0 Å². The Kier molecular flexibility index (Phi) is 8.62. The molecule has 3 aliphatic heterocycles. The first-order valence-corrected chi connectivity index (χ1v) is 12.7. The molecule has 1 N–H and O–H groups in total. The summed E-state index contributed by atoms with van der Waals surface area (Å²) in [7, 11) is 0. The van der Waals surface area contributed by atoms with Crippen LogP contribution in [-0.2, 0) is 6.54 Å². The lowest BCUT2D eigenvalue weighted by molar-refractivity contribution is 0.169. The average Bonchev–Trinajstić information content (AvgIpc) is 2.87. The third-order valence-electron chi connectivity index (χ3n) is 6.75. The highest BCUT2D eigenvalue weighted by Crippen LogP contribution is 2.37. The summed E-state index contributed by atoms with van der Waals surface area (Å²) >= 11 is 1.49. The molecule has 0 radical (unpaired) electrons. The molecule has 6 rings (SSSR count). The number of pyridine rings is 3. The highest BCUT2D eigenvalue weighted by atomic mass is 35.5. The van der Waals surface area contributed by atoms with Crippen molar-refractivity contribution in [2.24, 2.45) is 0 Å². The van der Waals surface area contributed by atoms with Crippen LogP contribution in [0, 0.1) is 5.82 Å². The summed E-state index contributed by atoms with van der Waals surface area (Å²) in [5, 5.41) is 3.62. The number of hydrogen-bond acceptors (Lipinski definition) is 8. The van der Waals surface area contributed by atoms with Crippen molar-refractivity contribution in [2.45, 2.75) is 36.4 Å². The van der Waals surface area contributed by atoms with Crippen LogP contribution in [0.2, 0.25) is 0 Å². The molecule has 8 nitrogen and oxygen atoms in total. The van der Waals surface area contributed by atoms with Crippen molar-refractivity contribution in [3.8, 4) is 11.5 Å². The number of fused-ring (bicyclic) bond motifs is 1. The molecule has 0 aromatic carbocycles. The van der Waals surface area contributed by atoms with E-state index in [4.69, 9.17) is 9.47 Å². The summed E-state index contributed by atoms with van der Waals surface area (Å²) in [6.07, 6.45) is 5.03. The van der Waals surface area contributed by atoms with Crippen LogP contribution >= 0.6 is 36.6 Å². The van der Waals surface area contributed by atoms with E-state index in [0.717, 1.165) is 43.9 Å². The minimum absolute atomic E-state index is 0. The van der Waals surface area contributed by atoms with Gasteiger partial charge in [-0.2, -0.15) is 0 Å². The van der Waals surface area contributed by atoms with E-state index in [0.29, 0.717) is 53.2 Å². The summed E-state index contributed by atoms with van der Waals surface area (Å²) in [5.41, 5.74) is 2.16. The van der Waals surface area contributed by atoms with E-state index in [1.54, 1.807) is 22.9 Å². The molecule has 0 aliphatic carbocycles. The molecule has 36 heavy (non-hydrogen) atoms. The van der Waals surface area contributed by atoms with Crippen LogP contribution in [-0.4, -0.2) is 64.1 Å². The Balaban J connectivity index is 0.00000152. The monoisotopic (exact) mass is 555 g/mol. The maximum atomic E-state index is 14.3. The van der Waals surface area contributed by atoms with Crippen LogP contribution in [0.5, 0.6) is 11.5 Å². The van der Waals surface area contributed by atoms with Crippen LogP contribution in [0.15, 0.2) is 40.3 Å². The maximum Gasteiger partial charge on any atom is 0.251 e. The standard InChI is InChI=1S/C24H26FN5O3S.2ClH/c25-18-11-28-19-1-2-22(31)30-17(14-34-24(18)23(19)30)13-29-5-3-15(4-6-29)26-10-16-9-20-21(12-27-16)33-8-7-32-20;;/h1-2,9,11-12,15,17,26H,3-8,10,13-14H2;2*1H/t17-;;/m1../s1. The Hall–Kier alpha value is -2.11. The van der Waals surface area contributed by atoms with Gasteiger partial charge in [0.25, 0.3) is 5.56 Å². The highest BCUT2D eigenvalue weighted by molar-refractivity contribution is 7.99. The molecule has 1 fully saturated rings. The molecule has 6 heterocycles. The topological polar surface area (TPSA) is 81.5 Å². The first kappa shape index (κ1) is 26.9. The first-order chi connectivity index (χ1) is 16.7. The zero-order valence-electron chi connectivity index (χ0n) is 19.5. The smallest absolute Gasteiger partial charge is 0.251 e. The molecule has 0 spiro atoms. The van der Waals surface area contributed by atoms with Crippen molar-refractivity contribution < 1.29 is 13.9 Å². The van der Waals surface area contributed by atoms with Gasteiger partial charge in [-0.25, -0.2) is 4.39 Å². The SMILES string of the molecule is Cl.Cl.O=c1ccc2ncc(F)c3c2n1[C@H](CN1CCC(NCc2cc4c(cn2)OCCO4)CC1)CS3. The predicted molar refractivity (Wildman–Crippen MR) is 142 cm³/mol. The number of nitrogens with one attached hydrogen (secondary N) is 1. The van der Waals surface area contributed by atoms with Gasteiger partial charge in [0, 0.05) is 37.0 Å². The van der Waals surface area contributed by atoms with Gasteiger partial charge in [0.05, 0.1) is 40.1 Å². The molecule has 1 atom stereocenters. The van der Waals surface area contributed by atoms with Gasteiger partial charge < -0.3 is 24.3 Å². The van der Waals surface area contributed by atoms with Gasteiger partial charge in [-0.15, -0.1) is 36.6 Å². The number of nitrogens with zero attached hydrogens (tertiary/aromatic N) is 4.